The summed E-state index contributed by atoms with van der Waals surface area (Å²) in [4.78, 5) is 68.0. The van der Waals surface area contributed by atoms with Gasteiger partial charge in [0.25, 0.3) is 15.9 Å². The molecule has 3 fully saturated rings. The zero-order chi connectivity index (χ0) is 45.0. The maximum atomic E-state index is 14.8. The number of anilines is 1. The second-order valence-electron chi connectivity index (χ2n) is 17.3. The maximum absolute atomic E-state index is 14.8. The van der Waals surface area contributed by atoms with Gasteiger partial charge in [-0.1, -0.05) is 43.2 Å². The van der Waals surface area contributed by atoms with Crippen molar-refractivity contribution in [2.75, 3.05) is 19.0 Å². The number of carbonyl (C=O) groups is 4. The van der Waals surface area contributed by atoms with Gasteiger partial charge >= 0.3 is 6.09 Å². The highest BCUT2D eigenvalue weighted by molar-refractivity contribution is 7.90. The van der Waals surface area contributed by atoms with Gasteiger partial charge in [-0.3, -0.25) is 14.4 Å². The van der Waals surface area contributed by atoms with Crippen LogP contribution in [0.2, 0.25) is 0 Å². The Morgan fingerprint density at radius 1 is 0.953 bits per heavy atom. The number of ether oxygens (including phenoxy) is 3. The molecule has 16 nitrogen and oxygen atoms in total. The van der Waals surface area contributed by atoms with Gasteiger partial charge in [0.1, 0.15) is 47.0 Å². The molecule has 0 unspecified atom stereocenters. The van der Waals surface area contributed by atoms with Crippen molar-refractivity contribution in [3.05, 3.63) is 72.1 Å². The predicted molar refractivity (Wildman–Crippen MR) is 241 cm³/mol. The fraction of sp³-hybridized carbons (Fsp3) is 0.478. The van der Waals surface area contributed by atoms with Crippen LogP contribution in [0.4, 0.5) is 9.93 Å². The smallest absolute Gasteiger partial charge is 0.408 e. The van der Waals surface area contributed by atoms with Crippen LogP contribution in [-0.2, 0) is 29.1 Å². The molecule has 4 N–H and O–H groups in total. The number of nitrogens with zero attached hydrogens (tertiary/aromatic N) is 3. The van der Waals surface area contributed by atoms with Gasteiger partial charge in [-0.2, -0.15) is 0 Å². The molecule has 1 saturated heterocycles. The normalized spacial score (nSPS) is 24.7. The Morgan fingerprint density at radius 3 is 2.50 bits per heavy atom. The van der Waals surface area contributed by atoms with Crippen molar-refractivity contribution >= 4 is 61.2 Å². The molecule has 4 amide bonds. The van der Waals surface area contributed by atoms with Gasteiger partial charge < -0.3 is 35.1 Å². The summed E-state index contributed by atoms with van der Waals surface area (Å²) in [5.74, 6) is -1.48. The fourth-order valence-corrected chi connectivity index (χ4v) is 10.7. The Morgan fingerprint density at radius 2 is 1.73 bits per heavy atom. The summed E-state index contributed by atoms with van der Waals surface area (Å²) in [5, 5.41) is 12.4. The van der Waals surface area contributed by atoms with E-state index in [9.17, 15) is 27.6 Å². The molecule has 4 aromatic rings. The first-order valence-corrected chi connectivity index (χ1v) is 24.4. The molecule has 5 atom stereocenters. The standard InChI is InChI=1S/C46H55N7O9S2/c1-28(2)47-44-49-38(27-63-44)37-24-40(34-21-20-31(60-3)22-36(34)48-37)61-32-23-39-41(54)51-46(43(56)52-64(58,59)33-17-9-7-10-18-33)25-29(46)14-8-5-4-6-11-19-35(42(55)53(39)26-32)50-45(57)62-30-15-12-13-16-30/h7-10,14,17-18,20-22,24,27-30,32,35,39H,4-6,11-13,15-16,19,23,25-26H2,1-3H3,(H,47,49)(H,50,57)(H,51,54)(H,52,56)/b14-8-/t29-,32+,35-,39-,46+/m0/s1. The van der Waals surface area contributed by atoms with Crippen LogP contribution in [0.25, 0.3) is 22.3 Å². The molecular weight excluding hydrogens is 859 g/mol. The Labute approximate surface area is 377 Å². The molecule has 4 heterocycles. The average Bonchev–Trinajstić information content (AvgIpc) is 3.70. The van der Waals surface area contributed by atoms with Gasteiger partial charge in [-0.25, -0.2) is 27.9 Å². The lowest BCUT2D eigenvalue weighted by molar-refractivity contribution is -0.141. The van der Waals surface area contributed by atoms with Gasteiger partial charge in [-0.15, -0.1) is 11.3 Å². The third-order valence-corrected chi connectivity index (χ3v) is 14.4. The lowest BCUT2D eigenvalue weighted by Gasteiger charge is -2.30. The van der Waals surface area contributed by atoms with Crippen molar-refractivity contribution in [1.82, 2.24) is 30.2 Å². The Hall–Kier alpha value is -5.75. The van der Waals surface area contributed by atoms with Crippen LogP contribution < -0.4 is 30.1 Å². The number of hydrogen-bond acceptors (Lipinski definition) is 13. The first-order chi connectivity index (χ1) is 30.8. The number of aromatic nitrogens is 2. The molecule has 2 aliphatic carbocycles. The zero-order valence-electron chi connectivity index (χ0n) is 36.2. The van der Waals surface area contributed by atoms with Crippen molar-refractivity contribution in [2.45, 2.75) is 125 Å². The van der Waals surface area contributed by atoms with Gasteiger partial charge in [-0.05, 0) is 89.5 Å². The number of carbonyl (C=O) groups excluding carboxylic acids is 4. The molecule has 64 heavy (non-hydrogen) atoms. The van der Waals surface area contributed by atoms with Gasteiger partial charge in [0.15, 0.2) is 5.13 Å². The fourth-order valence-electron chi connectivity index (χ4n) is 8.79. The number of hydrogen-bond donors (Lipinski definition) is 4. The lowest BCUT2D eigenvalue weighted by atomic mass is 10.0. The third kappa shape index (κ3) is 10.1. The van der Waals surface area contributed by atoms with E-state index in [1.165, 1.54) is 28.4 Å². The van der Waals surface area contributed by atoms with E-state index in [2.05, 4.69) is 20.7 Å². The van der Waals surface area contributed by atoms with Crippen LogP contribution in [-0.4, -0.2) is 96.6 Å². The van der Waals surface area contributed by atoms with E-state index >= 15 is 0 Å². The number of amides is 4. The highest BCUT2D eigenvalue weighted by Gasteiger charge is 2.61. The molecule has 4 aliphatic rings. The van der Waals surface area contributed by atoms with Crippen LogP contribution in [0.5, 0.6) is 11.5 Å². The van der Waals surface area contributed by atoms with Crippen molar-refractivity contribution < 1.29 is 41.8 Å². The van der Waals surface area contributed by atoms with E-state index in [4.69, 9.17) is 24.2 Å². The first kappa shape index (κ1) is 44.8. The van der Waals surface area contributed by atoms with E-state index in [0.717, 1.165) is 43.7 Å². The maximum Gasteiger partial charge on any atom is 0.408 e. The number of thiazole rings is 1. The number of benzene rings is 2. The van der Waals surface area contributed by atoms with E-state index in [1.807, 2.05) is 37.4 Å². The van der Waals surface area contributed by atoms with Gasteiger partial charge in [0.2, 0.25) is 11.8 Å². The highest BCUT2D eigenvalue weighted by atomic mass is 32.2. The summed E-state index contributed by atoms with van der Waals surface area (Å²) in [6, 6.07) is 12.8. The molecule has 0 radical (unpaired) electrons. The second-order valence-corrected chi connectivity index (χ2v) is 19.8. The van der Waals surface area contributed by atoms with Crippen LogP contribution in [0, 0.1) is 5.92 Å². The van der Waals surface area contributed by atoms with Crippen LogP contribution >= 0.6 is 11.3 Å². The molecule has 2 aromatic heterocycles. The molecular formula is C46H55N7O9S2. The van der Waals surface area contributed by atoms with Crippen LogP contribution in [0.3, 0.4) is 0 Å². The quantitative estimate of drug-likeness (QED) is 0.119. The number of fused-ring (bicyclic) bond motifs is 3. The molecule has 18 heteroatoms. The van der Waals surface area contributed by atoms with Crippen molar-refractivity contribution in [3.8, 4) is 22.9 Å². The number of rotatable bonds is 11. The molecule has 0 spiro atoms. The van der Waals surface area contributed by atoms with Gasteiger partial charge in [0.05, 0.1) is 29.8 Å². The summed E-state index contributed by atoms with van der Waals surface area (Å²) >= 11 is 1.45. The average molecular weight is 914 g/mol. The summed E-state index contributed by atoms with van der Waals surface area (Å²) in [5.41, 5.74) is 0.150. The summed E-state index contributed by atoms with van der Waals surface area (Å²) < 4.78 is 47.0. The Bertz CT molecular complexity index is 2510. The second kappa shape index (κ2) is 19.2. The predicted octanol–water partition coefficient (Wildman–Crippen LogP) is 6.47. The van der Waals surface area contributed by atoms with Crippen molar-refractivity contribution in [2.24, 2.45) is 5.92 Å². The first-order valence-electron chi connectivity index (χ1n) is 22.1. The summed E-state index contributed by atoms with van der Waals surface area (Å²) in [7, 11) is -2.71. The minimum atomic E-state index is -4.28. The highest BCUT2D eigenvalue weighted by Crippen LogP contribution is 2.46. The number of allylic oxidation sites excluding steroid dienone is 1. The number of sulfonamides is 1. The molecule has 8 rings (SSSR count). The van der Waals surface area contributed by atoms with E-state index in [-0.39, 0.29) is 36.4 Å². The molecule has 0 bridgehead atoms. The van der Waals surface area contributed by atoms with Gasteiger partial charge in [0, 0.05) is 41.3 Å². The van der Waals surface area contributed by atoms with Crippen molar-refractivity contribution in [3.63, 3.8) is 0 Å². The molecule has 340 valence electrons. The molecule has 2 aromatic carbocycles. The number of nitrogens with one attached hydrogen (secondary N) is 4. The SMILES string of the molecule is COc1ccc2c(O[C@@H]3C[C@H]4C(=O)N[C@]5(C(=O)NS(=O)(=O)c6ccccc6)C[C@@H]5/C=C\CCCCC[C@H](NC(=O)OC5CCCC5)C(=O)N4C3)cc(-c3csc(NC(C)C)n3)nc2c1. The zero-order valence-corrected chi connectivity index (χ0v) is 37.8. The number of alkyl carbamates (subject to hydrolysis) is 1. The van der Waals surface area contributed by atoms with Crippen LogP contribution in [0.1, 0.15) is 84.5 Å². The largest absolute Gasteiger partial charge is 0.497 e. The Kier molecular flexibility index (Phi) is 13.4. The van der Waals surface area contributed by atoms with E-state index in [1.54, 1.807) is 43.5 Å². The van der Waals surface area contributed by atoms with Crippen molar-refractivity contribution in [1.29, 1.82) is 0 Å². The monoisotopic (exact) mass is 913 g/mol. The van der Waals surface area contributed by atoms with E-state index < -0.39 is 63.5 Å². The minimum absolute atomic E-state index is 0.0196. The molecule has 2 aliphatic heterocycles. The lowest BCUT2D eigenvalue weighted by Crippen LogP contribution is -2.58. The summed E-state index contributed by atoms with van der Waals surface area (Å²) in [6.45, 7) is 4.02. The third-order valence-electron chi connectivity index (χ3n) is 12.2. The topological polar surface area (TPSA) is 207 Å². The molecule has 2 saturated carbocycles. The summed E-state index contributed by atoms with van der Waals surface area (Å²) in [6.07, 6.45) is 8.88. The minimum Gasteiger partial charge on any atom is -0.497 e. The van der Waals surface area contributed by atoms with Crippen LogP contribution in [0.15, 0.2) is 77.0 Å². The van der Waals surface area contributed by atoms with E-state index in [0.29, 0.717) is 53.1 Å². The number of pyridine rings is 1. The Balaban J connectivity index is 1.12. The number of methoxy groups -OCH3 is 1.